The molecule has 1 aromatic carbocycles. The third kappa shape index (κ3) is 0.951. The summed E-state index contributed by atoms with van der Waals surface area (Å²) in [6.07, 6.45) is 0. The van der Waals surface area contributed by atoms with Crippen molar-refractivity contribution in [2.75, 3.05) is 5.73 Å². The van der Waals surface area contributed by atoms with Crippen molar-refractivity contribution in [3.8, 4) is 5.06 Å². The zero-order valence-corrected chi connectivity index (χ0v) is 8.78. The summed E-state index contributed by atoms with van der Waals surface area (Å²) in [6.45, 7) is 0. The topological polar surface area (TPSA) is 46.2 Å². The van der Waals surface area contributed by atoms with Crippen molar-refractivity contribution >= 4 is 48.5 Å². The Morgan fingerprint density at radius 1 is 1.21 bits per heavy atom. The van der Waals surface area contributed by atoms with E-state index in [4.69, 9.17) is 5.73 Å². The molecule has 0 saturated carbocycles. The molecule has 0 spiro atoms. The number of benzene rings is 1. The predicted octanol–water partition coefficient (Wildman–Crippen LogP) is 3.40. The minimum atomic E-state index is 0.220. The zero-order valence-electron chi connectivity index (χ0n) is 7.15. The van der Waals surface area contributed by atoms with E-state index in [9.17, 15) is 5.11 Å². The molecule has 2 aromatic heterocycles. The molecule has 70 valence electrons. The number of fused-ring (bicyclic) bond motifs is 2. The molecule has 0 bridgehead atoms. The van der Waals surface area contributed by atoms with Crippen molar-refractivity contribution in [2.24, 2.45) is 0 Å². The fourth-order valence-electron chi connectivity index (χ4n) is 1.56. The first-order chi connectivity index (χ1) is 6.75. The van der Waals surface area contributed by atoms with Crippen molar-refractivity contribution in [1.29, 1.82) is 0 Å². The number of nitrogens with two attached hydrogens (primary N) is 1. The first kappa shape index (κ1) is 8.08. The molecule has 14 heavy (non-hydrogen) atoms. The van der Waals surface area contributed by atoms with Crippen LogP contribution in [0.4, 0.5) is 5.69 Å². The van der Waals surface area contributed by atoms with E-state index in [1.165, 1.54) is 21.4 Å². The fourth-order valence-corrected chi connectivity index (χ4v) is 3.33. The van der Waals surface area contributed by atoms with E-state index >= 15 is 0 Å². The third-order valence-electron chi connectivity index (χ3n) is 2.28. The van der Waals surface area contributed by atoms with Gasteiger partial charge < -0.3 is 10.8 Å². The molecule has 0 atom stereocenters. The molecule has 4 heteroatoms. The largest absolute Gasteiger partial charge is 0.498 e. The first-order valence-corrected chi connectivity index (χ1v) is 5.83. The van der Waals surface area contributed by atoms with Crippen LogP contribution in [0, 0.1) is 0 Å². The maximum absolute atomic E-state index is 9.48. The molecule has 0 saturated heterocycles. The highest BCUT2D eigenvalue weighted by atomic mass is 32.1. The van der Waals surface area contributed by atoms with Gasteiger partial charge in [0.15, 0.2) is 5.06 Å². The Kier molecular flexibility index (Phi) is 1.51. The van der Waals surface area contributed by atoms with Gasteiger partial charge in [-0.25, -0.2) is 0 Å². The van der Waals surface area contributed by atoms with Crippen molar-refractivity contribution in [1.82, 2.24) is 0 Å². The molecule has 3 aromatic rings. The summed E-state index contributed by atoms with van der Waals surface area (Å²) in [6, 6.07) is 6.18. The highest BCUT2D eigenvalue weighted by Crippen LogP contribution is 2.41. The molecule has 0 amide bonds. The lowest BCUT2D eigenvalue weighted by Gasteiger charge is -1.92. The van der Waals surface area contributed by atoms with Crippen LogP contribution in [0.2, 0.25) is 0 Å². The standard InChI is InChI=1S/C10H7NOS2/c11-9-6-3-5-1-2-13-7(5)4-8(6)14-10(9)12/h1-4,12H,11H2. The van der Waals surface area contributed by atoms with Crippen molar-refractivity contribution in [3.05, 3.63) is 23.6 Å². The molecule has 2 nitrogen and oxygen atoms in total. The van der Waals surface area contributed by atoms with E-state index < -0.39 is 0 Å². The lowest BCUT2D eigenvalue weighted by molar-refractivity contribution is 0.493. The van der Waals surface area contributed by atoms with Crippen LogP contribution in [-0.2, 0) is 0 Å². The maximum Gasteiger partial charge on any atom is 0.196 e. The maximum atomic E-state index is 9.48. The van der Waals surface area contributed by atoms with Crippen molar-refractivity contribution < 1.29 is 5.11 Å². The van der Waals surface area contributed by atoms with E-state index in [1.807, 2.05) is 6.07 Å². The Morgan fingerprint density at radius 3 is 2.93 bits per heavy atom. The monoisotopic (exact) mass is 221 g/mol. The van der Waals surface area contributed by atoms with Crippen LogP contribution in [0.1, 0.15) is 0 Å². The summed E-state index contributed by atoms with van der Waals surface area (Å²) >= 11 is 3.04. The van der Waals surface area contributed by atoms with Crippen molar-refractivity contribution in [2.45, 2.75) is 0 Å². The average Bonchev–Trinajstić information content (AvgIpc) is 2.70. The number of nitrogen functional groups attached to an aromatic ring is 1. The van der Waals surface area contributed by atoms with Gasteiger partial charge in [0.25, 0.3) is 0 Å². The normalized spacial score (nSPS) is 11.4. The summed E-state index contributed by atoms with van der Waals surface area (Å²) < 4.78 is 2.29. The van der Waals surface area contributed by atoms with E-state index in [-0.39, 0.29) is 5.06 Å². The molecule has 3 rings (SSSR count). The highest BCUT2D eigenvalue weighted by molar-refractivity contribution is 7.22. The van der Waals surface area contributed by atoms with Crippen LogP contribution in [0.3, 0.4) is 0 Å². The summed E-state index contributed by atoms with van der Waals surface area (Å²) in [7, 11) is 0. The summed E-state index contributed by atoms with van der Waals surface area (Å²) in [5.41, 5.74) is 6.26. The van der Waals surface area contributed by atoms with Crippen LogP contribution >= 0.6 is 22.7 Å². The average molecular weight is 221 g/mol. The van der Waals surface area contributed by atoms with Gasteiger partial charge in [-0.15, -0.1) is 11.3 Å². The quantitative estimate of drug-likeness (QED) is 0.611. The molecular weight excluding hydrogens is 214 g/mol. The van der Waals surface area contributed by atoms with E-state index in [0.29, 0.717) is 5.69 Å². The SMILES string of the molecule is Nc1c(O)sc2cc3sccc3cc12. The number of hydrogen-bond donors (Lipinski definition) is 2. The second-order valence-corrected chi connectivity index (χ2v) is 5.11. The first-order valence-electron chi connectivity index (χ1n) is 4.14. The number of rotatable bonds is 0. The number of anilines is 1. The fraction of sp³-hybridized carbons (Fsp3) is 0. The molecule has 2 heterocycles. The van der Waals surface area contributed by atoms with Gasteiger partial charge in [0, 0.05) is 14.8 Å². The Morgan fingerprint density at radius 2 is 2.07 bits per heavy atom. The summed E-state index contributed by atoms with van der Waals surface area (Å²) in [5, 5.41) is 13.9. The van der Waals surface area contributed by atoms with E-state index in [0.717, 1.165) is 10.1 Å². The van der Waals surface area contributed by atoms with Crippen molar-refractivity contribution in [3.63, 3.8) is 0 Å². The van der Waals surface area contributed by atoms with Gasteiger partial charge in [-0.2, -0.15) is 0 Å². The Labute approximate surface area is 88.2 Å². The van der Waals surface area contributed by atoms with Crippen LogP contribution in [0.15, 0.2) is 23.6 Å². The highest BCUT2D eigenvalue weighted by Gasteiger charge is 2.09. The minimum absolute atomic E-state index is 0.220. The Bertz CT molecular complexity index is 623. The summed E-state index contributed by atoms with van der Waals surface area (Å²) in [4.78, 5) is 0. The van der Waals surface area contributed by atoms with Crippen LogP contribution in [-0.4, -0.2) is 5.11 Å². The molecule has 3 N–H and O–H groups in total. The molecular formula is C10H7NOS2. The van der Waals surface area contributed by atoms with Gasteiger partial charge in [-0.3, -0.25) is 0 Å². The smallest absolute Gasteiger partial charge is 0.196 e. The molecule has 0 fully saturated rings. The minimum Gasteiger partial charge on any atom is -0.498 e. The Balaban J connectivity index is 2.56. The second-order valence-electron chi connectivity index (χ2n) is 3.13. The second kappa shape index (κ2) is 2.62. The van der Waals surface area contributed by atoms with Crippen LogP contribution < -0.4 is 5.73 Å². The molecule has 0 unspecified atom stereocenters. The molecule has 0 aliphatic heterocycles. The van der Waals surface area contributed by atoms with E-state index in [1.54, 1.807) is 11.3 Å². The molecule has 0 aliphatic rings. The van der Waals surface area contributed by atoms with Gasteiger partial charge in [0.05, 0.1) is 5.69 Å². The number of aromatic hydroxyl groups is 1. The predicted molar refractivity (Wildman–Crippen MR) is 63.3 cm³/mol. The lowest BCUT2D eigenvalue weighted by atomic mass is 10.2. The third-order valence-corrected chi connectivity index (χ3v) is 4.13. The van der Waals surface area contributed by atoms with Gasteiger partial charge in [0.1, 0.15) is 0 Å². The van der Waals surface area contributed by atoms with Gasteiger partial charge in [-0.05, 0) is 29.0 Å². The molecule has 0 radical (unpaired) electrons. The van der Waals surface area contributed by atoms with Gasteiger partial charge >= 0.3 is 0 Å². The van der Waals surface area contributed by atoms with Crippen LogP contribution in [0.5, 0.6) is 5.06 Å². The Hall–Kier alpha value is -1.26. The number of thiophene rings is 2. The van der Waals surface area contributed by atoms with Crippen LogP contribution in [0.25, 0.3) is 20.2 Å². The lowest BCUT2D eigenvalue weighted by Crippen LogP contribution is -1.80. The number of hydrogen-bond acceptors (Lipinski definition) is 4. The summed E-state index contributed by atoms with van der Waals surface area (Å²) in [5.74, 6) is 0. The van der Waals surface area contributed by atoms with E-state index in [2.05, 4.69) is 17.5 Å². The molecule has 0 aliphatic carbocycles. The van der Waals surface area contributed by atoms with Gasteiger partial charge in [0.2, 0.25) is 0 Å². The zero-order chi connectivity index (χ0) is 9.71. The van der Waals surface area contributed by atoms with Gasteiger partial charge in [-0.1, -0.05) is 11.3 Å².